The van der Waals surface area contributed by atoms with Gasteiger partial charge in [0, 0.05) is 18.7 Å². The molecule has 1 saturated carbocycles. The Kier molecular flexibility index (Phi) is 5.82. The number of fused-ring (bicyclic) bond motifs is 1. The molecule has 0 radical (unpaired) electrons. The van der Waals surface area contributed by atoms with E-state index in [1.165, 1.54) is 49.6 Å². The van der Waals surface area contributed by atoms with Crippen molar-refractivity contribution < 1.29 is 33.7 Å². The van der Waals surface area contributed by atoms with Gasteiger partial charge < -0.3 is 24.6 Å². The van der Waals surface area contributed by atoms with E-state index in [9.17, 15) is 24.2 Å². The van der Waals surface area contributed by atoms with E-state index in [0.29, 0.717) is 31.7 Å². The smallest absolute Gasteiger partial charge is 0.338 e. The Balaban J connectivity index is 1.45. The van der Waals surface area contributed by atoms with E-state index in [4.69, 9.17) is 4.74 Å². The SMILES string of the molecule is COC(=O)c1cc(O)cc(C(=O)N2C[C@H]3C[C@@H](Oc4ccc(F)cc4)[C@H](O)C[C@H]3C2)c1. The van der Waals surface area contributed by atoms with Crippen LogP contribution in [0.4, 0.5) is 4.39 Å². The first-order valence-corrected chi connectivity index (χ1v) is 10.2. The predicted molar refractivity (Wildman–Crippen MR) is 108 cm³/mol. The van der Waals surface area contributed by atoms with Crippen LogP contribution in [0.5, 0.6) is 11.5 Å². The Morgan fingerprint density at radius 3 is 2.35 bits per heavy atom. The average molecular weight is 429 g/mol. The van der Waals surface area contributed by atoms with Crippen molar-refractivity contribution in [2.75, 3.05) is 20.2 Å². The van der Waals surface area contributed by atoms with Gasteiger partial charge in [-0.25, -0.2) is 9.18 Å². The summed E-state index contributed by atoms with van der Waals surface area (Å²) in [7, 11) is 1.23. The number of phenols is 1. The summed E-state index contributed by atoms with van der Waals surface area (Å²) >= 11 is 0. The molecule has 2 aromatic carbocycles. The molecule has 0 spiro atoms. The number of likely N-dealkylation sites (tertiary alicyclic amines) is 1. The summed E-state index contributed by atoms with van der Waals surface area (Å²) in [6, 6.07) is 9.65. The van der Waals surface area contributed by atoms with Crippen molar-refractivity contribution >= 4 is 11.9 Å². The number of hydrogen-bond donors (Lipinski definition) is 2. The van der Waals surface area contributed by atoms with Gasteiger partial charge in [0.25, 0.3) is 5.91 Å². The summed E-state index contributed by atoms with van der Waals surface area (Å²) in [4.78, 5) is 26.5. The Morgan fingerprint density at radius 2 is 1.68 bits per heavy atom. The van der Waals surface area contributed by atoms with Crippen LogP contribution in [-0.2, 0) is 4.74 Å². The zero-order valence-corrected chi connectivity index (χ0v) is 17.0. The normalized spacial score (nSPS) is 25.1. The van der Waals surface area contributed by atoms with Gasteiger partial charge in [-0.15, -0.1) is 0 Å². The van der Waals surface area contributed by atoms with Crippen LogP contribution in [0.1, 0.15) is 33.6 Å². The van der Waals surface area contributed by atoms with Crippen LogP contribution < -0.4 is 4.74 Å². The Morgan fingerprint density at radius 1 is 1.03 bits per heavy atom. The third-order valence-electron chi connectivity index (χ3n) is 6.06. The molecule has 2 fully saturated rings. The van der Waals surface area contributed by atoms with Crippen LogP contribution in [0.3, 0.4) is 0 Å². The van der Waals surface area contributed by atoms with Gasteiger partial charge in [-0.05, 0) is 67.1 Å². The molecular formula is C23H24FNO6. The predicted octanol–water partition coefficient (Wildman–Crippen LogP) is 2.61. The zero-order chi connectivity index (χ0) is 22.1. The first-order chi connectivity index (χ1) is 14.8. The highest BCUT2D eigenvalue weighted by atomic mass is 19.1. The minimum absolute atomic E-state index is 0.102. The Hall–Kier alpha value is -3.13. The first kappa shape index (κ1) is 21.1. The number of ether oxygens (including phenoxy) is 2. The summed E-state index contributed by atoms with van der Waals surface area (Å²) in [5.41, 5.74) is 0.310. The first-order valence-electron chi connectivity index (χ1n) is 10.2. The maximum Gasteiger partial charge on any atom is 0.338 e. The monoisotopic (exact) mass is 429 g/mol. The molecule has 1 amide bonds. The molecule has 31 heavy (non-hydrogen) atoms. The molecule has 1 aliphatic carbocycles. The molecule has 4 rings (SSSR count). The quantitative estimate of drug-likeness (QED) is 0.726. The number of phenolic OH excluding ortho intramolecular Hbond substituents is 1. The summed E-state index contributed by atoms with van der Waals surface area (Å²) in [5, 5.41) is 20.5. The van der Waals surface area contributed by atoms with Gasteiger partial charge in [-0.3, -0.25) is 4.79 Å². The summed E-state index contributed by atoms with van der Waals surface area (Å²) < 4.78 is 23.7. The largest absolute Gasteiger partial charge is 0.508 e. The molecule has 8 heteroatoms. The Labute approximate surface area is 179 Å². The minimum atomic E-state index is -0.687. The summed E-state index contributed by atoms with van der Waals surface area (Å²) in [6.07, 6.45) is -0.0599. The highest BCUT2D eigenvalue weighted by Gasteiger charge is 2.44. The lowest BCUT2D eigenvalue weighted by atomic mass is 9.78. The summed E-state index contributed by atoms with van der Waals surface area (Å²) in [6.45, 7) is 0.968. The third kappa shape index (κ3) is 4.49. The lowest BCUT2D eigenvalue weighted by Gasteiger charge is -2.35. The van der Waals surface area contributed by atoms with Gasteiger partial charge in [0.05, 0.1) is 18.8 Å². The Bertz CT molecular complexity index is 979. The van der Waals surface area contributed by atoms with Gasteiger partial charge in [-0.1, -0.05) is 0 Å². The topological polar surface area (TPSA) is 96.3 Å². The van der Waals surface area contributed by atoms with Crippen LogP contribution >= 0.6 is 0 Å². The zero-order valence-electron chi connectivity index (χ0n) is 17.0. The number of hydrogen-bond acceptors (Lipinski definition) is 6. The maximum absolute atomic E-state index is 13.1. The second-order valence-corrected chi connectivity index (χ2v) is 8.14. The van der Waals surface area contributed by atoms with Crippen molar-refractivity contribution in [2.45, 2.75) is 25.0 Å². The van der Waals surface area contributed by atoms with Gasteiger partial charge in [0.1, 0.15) is 23.4 Å². The van der Waals surface area contributed by atoms with E-state index < -0.39 is 18.2 Å². The van der Waals surface area contributed by atoms with Crippen molar-refractivity contribution in [3.8, 4) is 11.5 Å². The van der Waals surface area contributed by atoms with Crippen LogP contribution in [0.2, 0.25) is 0 Å². The molecule has 164 valence electrons. The number of halogens is 1. The second kappa shape index (κ2) is 8.55. The van der Waals surface area contributed by atoms with Crippen LogP contribution in [0, 0.1) is 17.7 Å². The number of carbonyl (C=O) groups excluding carboxylic acids is 2. The molecule has 0 bridgehead atoms. The number of aromatic hydroxyl groups is 1. The number of rotatable bonds is 4. The molecule has 2 aliphatic rings. The molecule has 0 unspecified atom stereocenters. The van der Waals surface area contributed by atoms with E-state index in [2.05, 4.69) is 4.74 Å². The van der Waals surface area contributed by atoms with E-state index in [1.54, 1.807) is 4.90 Å². The van der Waals surface area contributed by atoms with Gasteiger partial charge in [0.2, 0.25) is 0 Å². The lowest BCUT2D eigenvalue weighted by Crippen LogP contribution is -2.42. The van der Waals surface area contributed by atoms with Crippen LogP contribution in [0.25, 0.3) is 0 Å². The fourth-order valence-electron chi connectivity index (χ4n) is 4.52. The highest BCUT2D eigenvalue weighted by molar-refractivity contribution is 5.98. The number of methoxy groups -OCH3 is 1. The van der Waals surface area contributed by atoms with E-state index in [0.717, 1.165) is 0 Å². The number of nitrogens with zero attached hydrogens (tertiary/aromatic N) is 1. The number of carbonyl (C=O) groups is 2. The molecular weight excluding hydrogens is 405 g/mol. The number of benzene rings is 2. The standard InChI is InChI=1S/C23H24FNO6/c1-30-23(29)14-6-13(7-18(26)8-14)22(28)25-11-15-9-20(27)21(10-16(15)12-25)31-19-4-2-17(24)3-5-19/h2-8,15-16,20-21,26-27H,9-12H2,1H3/t15-,16+,20+,21+/m0/s1. The highest BCUT2D eigenvalue weighted by Crippen LogP contribution is 2.38. The van der Waals surface area contributed by atoms with E-state index in [-0.39, 0.29) is 40.4 Å². The number of esters is 1. The number of amides is 1. The van der Waals surface area contributed by atoms with Gasteiger partial charge in [0.15, 0.2) is 0 Å². The van der Waals surface area contributed by atoms with Crippen molar-refractivity contribution in [2.24, 2.45) is 11.8 Å². The van der Waals surface area contributed by atoms with Crippen molar-refractivity contribution in [1.29, 1.82) is 0 Å². The van der Waals surface area contributed by atoms with Crippen molar-refractivity contribution in [3.63, 3.8) is 0 Å². The van der Waals surface area contributed by atoms with Gasteiger partial charge in [-0.2, -0.15) is 0 Å². The minimum Gasteiger partial charge on any atom is -0.508 e. The molecule has 1 heterocycles. The fraction of sp³-hybridized carbons (Fsp3) is 0.391. The average Bonchev–Trinajstić information content (AvgIpc) is 3.16. The van der Waals surface area contributed by atoms with Crippen molar-refractivity contribution in [3.05, 3.63) is 59.4 Å². The third-order valence-corrected chi connectivity index (χ3v) is 6.06. The van der Waals surface area contributed by atoms with Crippen LogP contribution in [0.15, 0.2) is 42.5 Å². The van der Waals surface area contributed by atoms with Crippen LogP contribution in [-0.4, -0.2) is 59.4 Å². The molecule has 7 nitrogen and oxygen atoms in total. The van der Waals surface area contributed by atoms with E-state index >= 15 is 0 Å². The molecule has 1 saturated heterocycles. The van der Waals surface area contributed by atoms with E-state index in [1.807, 2.05) is 0 Å². The summed E-state index contributed by atoms with van der Waals surface area (Å²) in [5.74, 6) is -0.704. The molecule has 2 N–H and O–H groups in total. The second-order valence-electron chi connectivity index (χ2n) is 8.14. The number of aliphatic hydroxyl groups excluding tert-OH is 1. The molecule has 0 aromatic heterocycles. The maximum atomic E-state index is 13.1. The van der Waals surface area contributed by atoms with Crippen molar-refractivity contribution in [1.82, 2.24) is 4.90 Å². The number of aliphatic hydroxyl groups is 1. The lowest BCUT2D eigenvalue weighted by molar-refractivity contribution is -0.0231. The van der Waals surface area contributed by atoms with Gasteiger partial charge >= 0.3 is 5.97 Å². The molecule has 1 aliphatic heterocycles. The fourth-order valence-corrected chi connectivity index (χ4v) is 4.52. The molecule has 4 atom stereocenters. The molecule has 2 aromatic rings.